The van der Waals surface area contributed by atoms with Crippen molar-refractivity contribution in [3.63, 3.8) is 0 Å². The third-order valence-corrected chi connectivity index (χ3v) is 3.18. The number of hydrogen-bond donors (Lipinski definition) is 1. The number of nitrogens with zero attached hydrogens (tertiary/aromatic N) is 2. The average Bonchev–Trinajstić information content (AvgIpc) is 2.79. The van der Waals surface area contributed by atoms with Crippen molar-refractivity contribution in [2.75, 3.05) is 6.54 Å². The van der Waals surface area contributed by atoms with Crippen LogP contribution in [0.2, 0.25) is 10.0 Å². The maximum atomic E-state index is 5.94. The summed E-state index contributed by atoms with van der Waals surface area (Å²) in [6.45, 7) is 0.616. The highest BCUT2D eigenvalue weighted by Gasteiger charge is 2.07. The molecule has 0 amide bonds. The summed E-state index contributed by atoms with van der Waals surface area (Å²) in [6.07, 6.45) is 2.10. The van der Waals surface area contributed by atoms with Crippen molar-refractivity contribution in [1.29, 1.82) is 0 Å². The number of halogens is 2. The van der Waals surface area contributed by atoms with E-state index < -0.39 is 0 Å². The van der Waals surface area contributed by atoms with Gasteiger partial charge in [0.15, 0.2) is 0 Å². The number of rotatable bonds is 5. The van der Waals surface area contributed by atoms with E-state index in [4.69, 9.17) is 33.4 Å². The third-order valence-electron chi connectivity index (χ3n) is 2.44. The molecule has 0 aliphatic rings. The van der Waals surface area contributed by atoms with Crippen LogP contribution in [-0.4, -0.2) is 16.7 Å². The fraction of sp³-hybridized carbons (Fsp3) is 0.333. The first kappa shape index (κ1) is 13.3. The van der Waals surface area contributed by atoms with Crippen LogP contribution in [-0.2, 0) is 12.8 Å². The Morgan fingerprint density at radius 1 is 1.11 bits per heavy atom. The zero-order valence-corrected chi connectivity index (χ0v) is 11.2. The Morgan fingerprint density at radius 2 is 1.89 bits per heavy atom. The first-order chi connectivity index (χ1) is 8.69. The molecule has 0 atom stereocenters. The lowest BCUT2D eigenvalue weighted by atomic mass is 10.1. The Bertz CT molecular complexity index is 528. The molecule has 18 heavy (non-hydrogen) atoms. The lowest BCUT2D eigenvalue weighted by Crippen LogP contribution is -2.00. The van der Waals surface area contributed by atoms with Crippen LogP contribution in [0.4, 0.5) is 0 Å². The van der Waals surface area contributed by atoms with Crippen LogP contribution in [0.25, 0.3) is 0 Å². The molecule has 0 unspecified atom stereocenters. The molecular weight excluding hydrogens is 273 g/mol. The summed E-state index contributed by atoms with van der Waals surface area (Å²) in [5.41, 5.74) is 6.41. The Labute approximate surface area is 115 Å². The number of benzene rings is 1. The van der Waals surface area contributed by atoms with E-state index in [1.54, 1.807) is 12.1 Å². The summed E-state index contributed by atoms with van der Waals surface area (Å²) in [6, 6.07) is 5.44. The molecule has 1 aromatic heterocycles. The third kappa shape index (κ3) is 3.45. The van der Waals surface area contributed by atoms with E-state index in [-0.39, 0.29) is 0 Å². The van der Waals surface area contributed by atoms with Gasteiger partial charge in [0.2, 0.25) is 11.8 Å². The van der Waals surface area contributed by atoms with Gasteiger partial charge >= 0.3 is 0 Å². The van der Waals surface area contributed by atoms with E-state index in [9.17, 15) is 0 Å². The summed E-state index contributed by atoms with van der Waals surface area (Å²) in [7, 11) is 0. The van der Waals surface area contributed by atoms with E-state index in [0.717, 1.165) is 12.0 Å². The predicted molar refractivity (Wildman–Crippen MR) is 70.9 cm³/mol. The molecule has 0 bridgehead atoms. The van der Waals surface area contributed by atoms with Gasteiger partial charge < -0.3 is 10.2 Å². The Balaban J connectivity index is 2.04. The van der Waals surface area contributed by atoms with E-state index in [0.29, 0.717) is 41.2 Å². The molecule has 0 spiro atoms. The molecule has 2 rings (SSSR count). The van der Waals surface area contributed by atoms with Crippen molar-refractivity contribution in [2.45, 2.75) is 19.3 Å². The van der Waals surface area contributed by atoms with Gasteiger partial charge in [-0.1, -0.05) is 29.3 Å². The van der Waals surface area contributed by atoms with Crippen LogP contribution in [0, 0.1) is 0 Å². The predicted octanol–water partition coefficient (Wildman–Crippen LogP) is 2.86. The van der Waals surface area contributed by atoms with Crippen molar-refractivity contribution in [1.82, 2.24) is 10.2 Å². The zero-order valence-electron chi connectivity index (χ0n) is 9.70. The molecule has 96 valence electrons. The maximum Gasteiger partial charge on any atom is 0.220 e. The molecule has 2 N–H and O–H groups in total. The molecule has 0 saturated carbocycles. The van der Waals surface area contributed by atoms with Gasteiger partial charge in [0.1, 0.15) is 0 Å². The van der Waals surface area contributed by atoms with Crippen LogP contribution in [0.3, 0.4) is 0 Å². The van der Waals surface area contributed by atoms with Crippen LogP contribution >= 0.6 is 23.2 Å². The highest BCUT2D eigenvalue weighted by molar-refractivity contribution is 6.42. The first-order valence-electron chi connectivity index (χ1n) is 5.64. The van der Waals surface area contributed by atoms with Gasteiger partial charge in [-0.05, 0) is 30.7 Å². The molecule has 6 heteroatoms. The first-order valence-corrected chi connectivity index (χ1v) is 6.40. The fourth-order valence-electron chi connectivity index (χ4n) is 1.54. The fourth-order valence-corrected chi connectivity index (χ4v) is 1.86. The molecule has 1 heterocycles. The van der Waals surface area contributed by atoms with Crippen molar-refractivity contribution >= 4 is 23.2 Å². The number of aromatic nitrogens is 2. The van der Waals surface area contributed by atoms with Crippen molar-refractivity contribution < 1.29 is 4.42 Å². The molecule has 0 aliphatic carbocycles. The smallest absolute Gasteiger partial charge is 0.220 e. The molecule has 0 saturated heterocycles. The van der Waals surface area contributed by atoms with Gasteiger partial charge in [-0.3, -0.25) is 0 Å². The molecule has 0 aliphatic heterocycles. The van der Waals surface area contributed by atoms with Crippen LogP contribution in [0.1, 0.15) is 23.8 Å². The minimum Gasteiger partial charge on any atom is -0.425 e. The second-order valence-corrected chi connectivity index (χ2v) is 4.72. The lowest BCUT2D eigenvalue weighted by molar-refractivity contribution is 0.453. The topological polar surface area (TPSA) is 64.9 Å². The maximum absolute atomic E-state index is 5.94. The van der Waals surface area contributed by atoms with Gasteiger partial charge in [0.25, 0.3) is 0 Å². The second kappa shape index (κ2) is 6.18. The van der Waals surface area contributed by atoms with Gasteiger partial charge in [0, 0.05) is 6.42 Å². The van der Waals surface area contributed by atoms with E-state index >= 15 is 0 Å². The highest BCUT2D eigenvalue weighted by Crippen LogP contribution is 2.23. The quantitative estimate of drug-likeness (QED) is 0.917. The Morgan fingerprint density at radius 3 is 2.61 bits per heavy atom. The van der Waals surface area contributed by atoms with Crippen molar-refractivity contribution in [2.24, 2.45) is 5.73 Å². The molecule has 0 radical (unpaired) electrons. The van der Waals surface area contributed by atoms with Gasteiger partial charge in [-0.2, -0.15) is 0 Å². The monoisotopic (exact) mass is 285 g/mol. The average molecular weight is 286 g/mol. The number of hydrogen-bond acceptors (Lipinski definition) is 4. The SMILES string of the molecule is NCCCc1nnc(Cc2ccc(Cl)c(Cl)c2)o1. The van der Waals surface area contributed by atoms with Gasteiger partial charge in [-0.25, -0.2) is 0 Å². The molecule has 4 nitrogen and oxygen atoms in total. The number of nitrogens with two attached hydrogens (primary N) is 1. The summed E-state index contributed by atoms with van der Waals surface area (Å²) in [5.74, 6) is 1.19. The molecular formula is C12H13Cl2N3O. The summed E-state index contributed by atoms with van der Waals surface area (Å²) >= 11 is 11.8. The highest BCUT2D eigenvalue weighted by atomic mass is 35.5. The molecule has 2 aromatic rings. The minimum atomic E-state index is 0.525. The van der Waals surface area contributed by atoms with E-state index in [2.05, 4.69) is 10.2 Å². The minimum absolute atomic E-state index is 0.525. The van der Waals surface area contributed by atoms with Crippen molar-refractivity contribution in [3.8, 4) is 0 Å². The van der Waals surface area contributed by atoms with Crippen molar-refractivity contribution in [3.05, 3.63) is 45.6 Å². The summed E-state index contributed by atoms with van der Waals surface area (Å²) < 4.78 is 5.51. The van der Waals surface area contributed by atoms with Crippen LogP contribution in [0.15, 0.2) is 22.6 Å². The molecule has 1 aromatic carbocycles. The zero-order chi connectivity index (χ0) is 13.0. The van der Waals surface area contributed by atoms with Gasteiger partial charge in [0.05, 0.1) is 16.5 Å². The number of aryl methyl sites for hydroxylation is 1. The summed E-state index contributed by atoms with van der Waals surface area (Å²) in [5, 5.41) is 9.00. The Hall–Kier alpha value is -1.10. The standard InChI is InChI=1S/C12H13Cl2N3O/c13-9-4-3-8(6-10(9)14)7-12-17-16-11(18-12)2-1-5-15/h3-4,6H,1-2,5,7,15H2. The Kier molecular flexibility index (Phi) is 4.58. The molecule has 0 fully saturated rings. The normalized spacial score (nSPS) is 10.8. The largest absolute Gasteiger partial charge is 0.425 e. The lowest BCUT2D eigenvalue weighted by Gasteiger charge is -1.99. The second-order valence-electron chi connectivity index (χ2n) is 3.91. The van der Waals surface area contributed by atoms with E-state index in [1.807, 2.05) is 6.07 Å². The van der Waals surface area contributed by atoms with E-state index in [1.165, 1.54) is 0 Å². The summed E-state index contributed by atoms with van der Waals surface area (Å²) in [4.78, 5) is 0. The van der Waals surface area contributed by atoms with Crippen LogP contribution < -0.4 is 5.73 Å². The van der Waals surface area contributed by atoms with Crippen LogP contribution in [0.5, 0.6) is 0 Å². The van der Waals surface area contributed by atoms with Gasteiger partial charge in [-0.15, -0.1) is 10.2 Å².